The number of halogens is 4. The van der Waals surface area contributed by atoms with E-state index in [4.69, 9.17) is 9.15 Å². The normalized spacial score (nSPS) is 16.0. The number of methoxy groups -OCH3 is 1. The van der Waals surface area contributed by atoms with Crippen molar-refractivity contribution in [2.24, 2.45) is 4.99 Å². The van der Waals surface area contributed by atoms with Gasteiger partial charge >= 0.3 is 6.18 Å². The molecular formula is C21H28F3IN4O2. The van der Waals surface area contributed by atoms with Crippen LogP contribution >= 0.6 is 24.0 Å². The Balaban J connectivity index is 0.00000341. The van der Waals surface area contributed by atoms with Crippen LogP contribution in [0.3, 0.4) is 0 Å². The van der Waals surface area contributed by atoms with E-state index >= 15 is 0 Å². The van der Waals surface area contributed by atoms with Gasteiger partial charge in [-0.3, -0.25) is 9.89 Å². The van der Waals surface area contributed by atoms with Gasteiger partial charge in [0.15, 0.2) is 5.96 Å². The van der Waals surface area contributed by atoms with E-state index in [2.05, 4.69) is 20.5 Å². The van der Waals surface area contributed by atoms with Crippen molar-refractivity contribution in [1.82, 2.24) is 15.5 Å². The molecule has 1 unspecified atom stereocenters. The van der Waals surface area contributed by atoms with Crippen molar-refractivity contribution in [3.8, 4) is 5.75 Å². The average Bonchev–Trinajstić information content (AvgIpc) is 3.44. The van der Waals surface area contributed by atoms with Gasteiger partial charge in [0.2, 0.25) is 0 Å². The largest absolute Gasteiger partial charge is 0.497 e. The van der Waals surface area contributed by atoms with Crippen molar-refractivity contribution in [3.05, 3.63) is 53.5 Å². The smallest absolute Gasteiger partial charge is 0.416 e. The van der Waals surface area contributed by atoms with Gasteiger partial charge in [-0.15, -0.1) is 24.0 Å². The molecule has 1 aromatic carbocycles. The van der Waals surface area contributed by atoms with E-state index in [1.54, 1.807) is 13.3 Å². The minimum absolute atomic E-state index is 0. The summed E-state index contributed by atoms with van der Waals surface area (Å²) in [5.41, 5.74) is -0.608. The number of nitrogens with zero attached hydrogens (tertiary/aromatic N) is 2. The minimum atomic E-state index is -4.47. The van der Waals surface area contributed by atoms with Gasteiger partial charge in [0.05, 0.1) is 25.0 Å². The Kier molecular flexibility index (Phi) is 9.48. The van der Waals surface area contributed by atoms with Crippen molar-refractivity contribution >= 4 is 29.9 Å². The number of nitrogens with one attached hydrogen (secondary N) is 2. The summed E-state index contributed by atoms with van der Waals surface area (Å²) in [5.74, 6) is 1.45. The number of aliphatic imine (C=N–C) groups is 1. The number of rotatable bonds is 7. The van der Waals surface area contributed by atoms with E-state index < -0.39 is 11.7 Å². The third-order valence-electron chi connectivity index (χ3n) is 5.21. The number of hydrogen-bond acceptors (Lipinski definition) is 4. The first-order valence-electron chi connectivity index (χ1n) is 9.88. The van der Waals surface area contributed by atoms with E-state index in [-0.39, 0.29) is 47.9 Å². The number of alkyl halides is 3. The SMILES string of the molecule is CN=C(NCc1ccc(OC)cc1C(F)(F)F)NCC(c1ccco1)N1CCCC1.I. The molecule has 0 radical (unpaired) electrons. The molecule has 6 nitrogen and oxygen atoms in total. The van der Waals surface area contributed by atoms with Crippen LogP contribution in [0.2, 0.25) is 0 Å². The van der Waals surface area contributed by atoms with Crippen molar-refractivity contribution in [3.63, 3.8) is 0 Å². The molecule has 1 fully saturated rings. The predicted octanol–water partition coefficient (Wildman–Crippen LogP) is 4.43. The maximum absolute atomic E-state index is 13.4. The molecule has 10 heteroatoms. The van der Waals surface area contributed by atoms with Crippen molar-refractivity contribution in [2.45, 2.75) is 31.6 Å². The minimum Gasteiger partial charge on any atom is -0.497 e. The summed E-state index contributed by atoms with van der Waals surface area (Å²) >= 11 is 0. The molecule has 0 spiro atoms. The zero-order valence-corrected chi connectivity index (χ0v) is 19.9. The van der Waals surface area contributed by atoms with Gasteiger partial charge in [0.1, 0.15) is 11.5 Å². The molecule has 1 aliphatic rings. The first-order valence-corrected chi connectivity index (χ1v) is 9.88. The quantitative estimate of drug-likeness (QED) is 0.303. The molecule has 0 aliphatic carbocycles. The first kappa shape index (κ1) is 25.3. The van der Waals surface area contributed by atoms with Gasteiger partial charge in [-0.05, 0) is 55.8 Å². The van der Waals surface area contributed by atoms with Crippen molar-refractivity contribution < 1.29 is 22.3 Å². The molecule has 1 atom stereocenters. The fraction of sp³-hybridized carbons (Fsp3) is 0.476. The Hall–Kier alpha value is -1.95. The highest BCUT2D eigenvalue weighted by Gasteiger charge is 2.34. The monoisotopic (exact) mass is 552 g/mol. The van der Waals surface area contributed by atoms with Crippen LogP contribution in [0.4, 0.5) is 13.2 Å². The van der Waals surface area contributed by atoms with Gasteiger partial charge in [-0.25, -0.2) is 0 Å². The summed E-state index contributed by atoms with van der Waals surface area (Å²) in [6, 6.07) is 7.77. The molecule has 2 N–H and O–H groups in total. The van der Waals surface area contributed by atoms with Crippen LogP contribution in [0.1, 0.15) is 35.8 Å². The van der Waals surface area contributed by atoms with Crippen LogP contribution in [-0.2, 0) is 12.7 Å². The van der Waals surface area contributed by atoms with Gasteiger partial charge in [-0.2, -0.15) is 13.2 Å². The second kappa shape index (κ2) is 11.6. The fourth-order valence-electron chi connectivity index (χ4n) is 3.64. The molecule has 172 valence electrons. The molecular weight excluding hydrogens is 524 g/mol. The van der Waals surface area contributed by atoms with Crippen molar-refractivity contribution in [2.75, 3.05) is 33.8 Å². The van der Waals surface area contributed by atoms with Crippen LogP contribution in [0.5, 0.6) is 5.75 Å². The highest BCUT2D eigenvalue weighted by molar-refractivity contribution is 14.0. The fourth-order valence-corrected chi connectivity index (χ4v) is 3.64. The maximum Gasteiger partial charge on any atom is 0.416 e. The van der Waals surface area contributed by atoms with E-state index in [0.717, 1.165) is 37.8 Å². The number of guanidine groups is 1. The predicted molar refractivity (Wildman–Crippen MR) is 124 cm³/mol. The Morgan fingerprint density at radius 2 is 1.97 bits per heavy atom. The molecule has 2 aromatic rings. The van der Waals surface area contributed by atoms with Crippen LogP contribution in [0.25, 0.3) is 0 Å². The van der Waals surface area contributed by atoms with Gasteiger partial charge in [0.25, 0.3) is 0 Å². The Morgan fingerprint density at radius 3 is 2.55 bits per heavy atom. The number of ether oxygens (including phenoxy) is 1. The Morgan fingerprint density at radius 1 is 1.23 bits per heavy atom. The lowest BCUT2D eigenvalue weighted by Crippen LogP contribution is -2.42. The van der Waals surface area contributed by atoms with Crippen LogP contribution < -0.4 is 15.4 Å². The van der Waals surface area contributed by atoms with E-state index in [9.17, 15) is 13.2 Å². The highest BCUT2D eigenvalue weighted by atomic mass is 127. The highest BCUT2D eigenvalue weighted by Crippen LogP contribution is 2.34. The average molecular weight is 552 g/mol. The molecule has 1 saturated heterocycles. The van der Waals surface area contributed by atoms with Gasteiger partial charge < -0.3 is 19.8 Å². The zero-order valence-electron chi connectivity index (χ0n) is 17.5. The van der Waals surface area contributed by atoms with Crippen molar-refractivity contribution in [1.29, 1.82) is 0 Å². The summed E-state index contributed by atoms with van der Waals surface area (Å²) in [5, 5.41) is 6.19. The van der Waals surface area contributed by atoms with Gasteiger partial charge in [0, 0.05) is 20.1 Å². The number of likely N-dealkylation sites (tertiary alicyclic amines) is 1. The molecule has 0 amide bonds. The van der Waals surface area contributed by atoms with E-state index in [0.29, 0.717) is 12.5 Å². The topological polar surface area (TPSA) is 62.0 Å². The second-order valence-electron chi connectivity index (χ2n) is 7.10. The second-order valence-corrected chi connectivity index (χ2v) is 7.10. The molecule has 3 rings (SSSR count). The lowest BCUT2D eigenvalue weighted by Gasteiger charge is -2.26. The van der Waals surface area contributed by atoms with Crippen LogP contribution in [0.15, 0.2) is 46.0 Å². The maximum atomic E-state index is 13.4. The molecule has 31 heavy (non-hydrogen) atoms. The van der Waals surface area contributed by atoms with Crippen LogP contribution in [0, 0.1) is 0 Å². The van der Waals surface area contributed by atoms with Crippen LogP contribution in [-0.4, -0.2) is 44.7 Å². The number of furan rings is 1. The lowest BCUT2D eigenvalue weighted by atomic mass is 10.1. The summed E-state index contributed by atoms with van der Waals surface area (Å²) in [4.78, 5) is 6.49. The summed E-state index contributed by atoms with van der Waals surface area (Å²) in [7, 11) is 2.93. The number of hydrogen-bond donors (Lipinski definition) is 2. The van der Waals surface area contributed by atoms with Gasteiger partial charge in [-0.1, -0.05) is 6.07 Å². The third-order valence-corrected chi connectivity index (χ3v) is 5.21. The third kappa shape index (κ3) is 6.76. The molecule has 1 aromatic heterocycles. The molecule has 0 bridgehead atoms. The Labute approximate surface area is 197 Å². The summed E-state index contributed by atoms with van der Waals surface area (Å²) < 4.78 is 50.8. The molecule has 1 aliphatic heterocycles. The lowest BCUT2D eigenvalue weighted by molar-refractivity contribution is -0.138. The standard InChI is InChI=1S/C21H27F3N4O2.HI/c1-25-20(26-13-15-7-8-16(29-2)12-17(15)21(22,23)24)27-14-18(19-6-5-11-30-19)28-9-3-4-10-28;/h5-8,11-12,18H,3-4,9-10,13-14H2,1-2H3,(H2,25,26,27);1H. The summed E-state index contributed by atoms with van der Waals surface area (Å²) in [6.07, 6.45) is -0.541. The Bertz CT molecular complexity index is 838. The zero-order chi connectivity index (χ0) is 21.6. The molecule has 0 saturated carbocycles. The summed E-state index contributed by atoms with van der Waals surface area (Å²) in [6.45, 7) is 2.48. The number of benzene rings is 1. The van der Waals surface area contributed by atoms with E-state index in [1.165, 1.54) is 19.2 Å². The van der Waals surface area contributed by atoms with E-state index in [1.807, 2.05) is 12.1 Å². The first-order chi connectivity index (χ1) is 14.4. The molecule has 2 heterocycles.